The van der Waals surface area contributed by atoms with Crippen molar-refractivity contribution in [1.82, 2.24) is 4.90 Å². The van der Waals surface area contributed by atoms with E-state index < -0.39 is 23.7 Å². The molecule has 5 nitrogen and oxygen atoms in total. The predicted molar refractivity (Wildman–Crippen MR) is 78.5 cm³/mol. The Balaban J connectivity index is 2.82. The molecule has 1 atom stereocenters. The van der Waals surface area contributed by atoms with Crippen LogP contribution in [0, 0.1) is 5.92 Å². The molecule has 1 unspecified atom stereocenters. The zero-order valence-corrected chi connectivity index (χ0v) is 12.2. The number of nitrogens with zero attached hydrogens (tertiary/aromatic N) is 1. The van der Waals surface area contributed by atoms with E-state index in [0.717, 1.165) is 4.90 Å². The maximum absolute atomic E-state index is 12.3. The fourth-order valence-electron chi connectivity index (χ4n) is 1.79. The van der Waals surface area contributed by atoms with Crippen molar-refractivity contribution in [2.45, 2.75) is 13.3 Å². The summed E-state index contributed by atoms with van der Waals surface area (Å²) in [5.74, 6) is -2.64. The third-order valence-electron chi connectivity index (χ3n) is 2.99. The summed E-state index contributed by atoms with van der Waals surface area (Å²) in [6.07, 6.45) is 1.69. The number of hydrogen-bond acceptors (Lipinski definition) is 4. The van der Waals surface area contributed by atoms with Crippen LogP contribution in [0.3, 0.4) is 0 Å². The van der Waals surface area contributed by atoms with Crippen molar-refractivity contribution in [3.05, 3.63) is 48.6 Å². The van der Waals surface area contributed by atoms with Crippen LogP contribution in [0.25, 0.3) is 0 Å². The molecule has 0 saturated carbocycles. The van der Waals surface area contributed by atoms with Gasteiger partial charge in [0.25, 0.3) is 5.91 Å². The van der Waals surface area contributed by atoms with Gasteiger partial charge in [-0.3, -0.25) is 19.3 Å². The Hall–Kier alpha value is -2.43. The lowest BCUT2D eigenvalue weighted by Crippen LogP contribution is -2.41. The number of imide groups is 1. The van der Waals surface area contributed by atoms with E-state index in [1.54, 1.807) is 37.3 Å². The van der Waals surface area contributed by atoms with Crippen LogP contribution in [0.15, 0.2) is 43.0 Å². The molecule has 0 saturated heterocycles. The Morgan fingerprint density at radius 2 is 1.90 bits per heavy atom. The summed E-state index contributed by atoms with van der Waals surface area (Å²) in [7, 11) is 1.36. The van der Waals surface area contributed by atoms with Crippen molar-refractivity contribution in [2.75, 3.05) is 13.7 Å². The highest BCUT2D eigenvalue weighted by atomic mass is 16.5. The summed E-state index contributed by atoms with van der Waals surface area (Å²) in [5.41, 5.74) is 0.391. The lowest BCUT2D eigenvalue weighted by atomic mass is 10.0. The predicted octanol–water partition coefficient (Wildman–Crippen LogP) is 2.04. The van der Waals surface area contributed by atoms with Gasteiger partial charge in [0.15, 0.2) is 0 Å². The Bertz CT molecular complexity index is 524. The van der Waals surface area contributed by atoms with Crippen LogP contribution < -0.4 is 0 Å². The van der Waals surface area contributed by atoms with Crippen molar-refractivity contribution < 1.29 is 19.1 Å². The number of amides is 2. The van der Waals surface area contributed by atoms with Gasteiger partial charge in [-0.15, -0.1) is 0 Å². The Morgan fingerprint density at radius 1 is 1.29 bits per heavy atom. The first-order valence-electron chi connectivity index (χ1n) is 6.67. The van der Waals surface area contributed by atoms with Gasteiger partial charge in [0, 0.05) is 12.6 Å². The standard InChI is InChI=1S/C16H19NO4/c1-4-11-21-16(20)13(5-2)15(19)17(3)14(18)12-9-7-6-8-10-12/h4,6-10,13H,1,5,11H2,2-3H3. The molecule has 0 bridgehead atoms. The summed E-state index contributed by atoms with van der Waals surface area (Å²) in [5, 5.41) is 0. The lowest BCUT2D eigenvalue weighted by Gasteiger charge is -2.20. The maximum atomic E-state index is 12.3. The average molecular weight is 289 g/mol. The molecule has 21 heavy (non-hydrogen) atoms. The molecular weight excluding hydrogens is 270 g/mol. The molecule has 1 aromatic carbocycles. The van der Waals surface area contributed by atoms with Crippen molar-refractivity contribution in [2.24, 2.45) is 5.92 Å². The van der Waals surface area contributed by atoms with E-state index in [4.69, 9.17) is 4.74 Å². The normalized spacial score (nSPS) is 11.3. The zero-order chi connectivity index (χ0) is 15.8. The minimum absolute atomic E-state index is 0.0406. The molecular formula is C16H19NO4. The van der Waals surface area contributed by atoms with Gasteiger partial charge < -0.3 is 4.74 Å². The van der Waals surface area contributed by atoms with Crippen LogP contribution in [0.4, 0.5) is 0 Å². The van der Waals surface area contributed by atoms with Crippen LogP contribution in [-0.2, 0) is 14.3 Å². The van der Waals surface area contributed by atoms with E-state index in [0.29, 0.717) is 5.56 Å². The molecule has 0 heterocycles. The number of ether oxygens (including phenoxy) is 1. The van der Waals surface area contributed by atoms with Crippen LogP contribution in [0.1, 0.15) is 23.7 Å². The SMILES string of the molecule is C=CCOC(=O)C(CC)C(=O)N(C)C(=O)c1ccccc1. The van der Waals surface area contributed by atoms with Gasteiger partial charge in [-0.1, -0.05) is 37.8 Å². The maximum Gasteiger partial charge on any atom is 0.318 e. The monoisotopic (exact) mass is 289 g/mol. The van der Waals surface area contributed by atoms with E-state index in [1.807, 2.05) is 0 Å². The summed E-state index contributed by atoms with van der Waals surface area (Å²) >= 11 is 0. The number of hydrogen-bond donors (Lipinski definition) is 0. The highest BCUT2D eigenvalue weighted by Gasteiger charge is 2.31. The van der Waals surface area contributed by atoms with Crippen molar-refractivity contribution in [1.29, 1.82) is 0 Å². The van der Waals surface area contributed by atoms with Crippen LogP contribution in [0.2, 0.25) is 0 Å². The molecule has 0 fully saturated rings. The van der Waals surface area contributed by atoms with Gasteiger partial charge in [0.05, 0.1) is 0 Å². The number of benzene rings is 1. The van der Waals surface area contributed by atoms with E-state index in [-0.39, 0.29) is 13.0 Å². The zero-order valence-electron chi connectivity index (χ0n) is 12.2. The van der Waals surface area contributed by atoms with Gasteiger partial charge in [-0.25, -0.2) is 0 Å². The van der Waals surface area contributed by atoms with Crippen molar-refractivity contribution in [3.8, 4) is 0 Å². The summed E-state index contributed by atoms with van der Waals surface area (Å²) in [6, 6.07) is 8.43. The summed E-state index contributed by atoms with van der Waals surface area (Å²) in [6.45, 7) is 5.17. The second-order valence-electron chi connectivity index (χ2n) is 4.45. The Kier molecular flexibility index (Phi) is 6.33. The molecule has 2 amide bonds. The van der Waals surface area contributed by atoms with Gasteiger partial charge in [-0.2, -0.15) is 0 Å². The largest absolute Gasteiger partial charge is 0.461 e. The van der Waals surface area contributed by atoms with Gasteiger partial charge in [0.1, 0.15) is 12.5 Å². The van der Waals surface area contributed by atoms with E-state index in [9.17, 15) is 14.4 Å². The molecule has 0 N–H and O–H groups in total. The van der Waals surface area contributed by atoms with Crippen molar-refractivity contribution >= 4 is 17.8 Å². The van der Waals surface area contributed by atoms with E-state index >= 15 is 0 Å². The van der Waals surface area contributed by atoms with Gasteiger partial charge >= 0.3 is 5.97 Å². The molecule has 5 heteroatoms. The number of carbonyl (C=O) groups is 3. The summed E-state index contributed by atoms with van der Waals surface area (Å²) < 4.78 is 4.89. The first-order valence-corrected chi connectivity index (χ1v) is 6.67. The first kappa shape index (κ1) is 16.6. The molecule has 1 rings (SSSR count). The lowest BCUT2D eigenvalue weighted by molar-refractivity contribution is -0.153. The quantitative estimate of drug-likeness (QED) is 0.457. The Labute approximate surface area is 124 Å². The van der Waals surface area contributed by atoms with E-state index in [2.05, 4.69) is 6.58 Å². The first-order chi connectivity index (χ1) is 10.0. The number of rotatable bonds is 6. The molecule has 0 aliphatic carbocycles. The minimum Gasteiger partial charge on any atom is -0.461 e. The fourth-order valence-corrected chi connectivity index (χ4v) is 1.79. The molecule has 0 aliphatic rings. The smallest absolute Gasteiger partial charge is 0.318 e. The average Bonchev–Trinajstić information content (AvgIpc) is 2.52. The van der Waals surface area contributed by atoms with Crippen LogP contribution in [0.5, 0.6) is 0 Å². The second-order valence-corrected chi connectivity index (χ2v) is 4.45. The topological polar surface area (TPSA) is 63.7 Å². The van der Waals surface area contributed by atoms with Gasteiger partial charge in [0.2, 0.25) is 5.91 Å². The molecule has 1 aromatic rings. The second kappa shape index (κ2) is 7.99. The van der Waals surface area contributed by atoms with Crippen molar-refractivity contribution in [3.63, 3.8) is 0 Å². The molecule has 0 aromatic heterocycles. The van der Waals surface area contributed by atoms with Crippen LogP contribution in [-0.4, -0.2) is 36.3 Å². The third kappa shape index (κ3) is 4.27. The number of carbonyl (C=O) groups excluding carboxylic acids is 3. The van der Waals surface area contributed by atoms with E-state index in [1.165, 1.54) is 13.1 Å². The third-order valence-corrected chi connectivity index (χ3v) is 2.99. The molecule has 0 radical (unpaired) electrons. The Morgan fingerprint density at radius 3 is 2.43 bits per heavy atom. The molecule has 0 aliphatic heterocycles. The molecule has 112 valence electrons. The van der Waals surface area contributed by atoms with Gasteiger partial charge in [-0.05, 0) is 18.6 Å². The molecule has 0 spiro atoms. The minimum atomic E-state index is -0.984. The summed E-state index contributed by atoms with van der Waals surface area (Å²) in [4.78, 5) is 37.2. The van der Waals surface area contributed by atoms with Crippen LogP contribution >= 0.6 is 0 Å². The number of esters is 1. The highest BCUT2D eigenvalue weighted by Crippen LogP contribution is 2.12. The highest BCUT2D eigenvalue weighted by molar-refractivity contribution is 6.09. The fraction of sp³-hybridized carbons (Fsp3) is 0.312.